The fourth-order valence-corrected chi connectivity index (χ4v) is 15.6. The Morgan fingerprint density at radius 2 is 1.38 bits per heavy atom. The lowest BCUT2D eigenvalue weighted by molar-refractivity contribution is -0.228. The van der Waals surface area contributed by atoms with Crippen molar-refractivity contribution in [2.75, 3.05) is 150 Å². The summed E-state index contributed by atoms with van der Waals surface area (Å²) in [6.07, 6.45) is 22.7. The summed E-state index contributed by atoms with van der Waals surface area (Å²) in [6.45, 7) is 19.7. The molecule has 31 nitrogen and oxygen atoms in total. The molecule has 3 aromatic heterocycles. The molecule has 7 N–H and O–H groups in total. The summed E-state index contributed by atoms with van der Waals surface area (Å²) in [6, 6.07) is 11.9. The predicted molar refractivity (Wildman–Crippen MR) is 451 cm³/mol. The number of ketones is 2. The average Bonchev–Trinajstić information content (AvgIpc) is 1.61. The van der Waals surface area contributed by atoms with Crippen LogP contribution in [0.25, 0.3) is 33.4 Å². The van der Waals surface area contributed by atoms with Gasteiger partial charge in [0.05, 0.1) is 142 Å². The highest BCUT2D eigenvalue weighted by atomic mass is 16.6. The van der Waals surface area contributed by atoms with Gasteiger partial charge in [-0.25, -0.2) is 19.4 Å². The lowest BCUT2D eigenvalue weighted by atomic mass is 9.83. The lowest BCUT2D eigenvalue weighted by Gasteiger charge is -2.35. The van der Waals surface area contributed by atoms with E-state index in [-0.39, 0.29) is 73.0 Å². The number of nitrogens with zero attached hydrogens (tertiary/aromatic N) is 7. The van der Waals surface area contributed by atoms with Crippen LogP contribution in [-0.2, 0) is 100 Å². The standard InChI is InChI=1S/C89H130N10O21/c1-62(14-9-7-10-15-64(3)79(108-6)56-74-16-13-17-80(103)89(107,120-74)86(105)97-33-11-8-12-34-97)52-65(4)76(101)57-77(102)66(5)53-63(2)18-25-72(117-61-100)26-20-67-21-27-73(28-22-67)118-88(106)92-32-37-110-39-41-112-43-45-114-47-49-116-51-50-115-48-46-113-44-42-111-40-38-109-36-31-81(104)98-35-30-69-54-68(19-23-71(69)59-98)58-99-85-82(84(90)93-60-94-85)83(96-99)70-24-29-78-75(55-70)95-87(91)119-78/h7,9-10,14-15,19,23-24,29,53-55,60-63,65,67,72-74,77,79,102,107H,8,11-13,16-18,20-22,25-28,30-52,56-59H2,1-6H3,(H2,91,95)(H,92,106)(H2,90,93,94)/b10-7+,14-9+,64-15+,66-53+/t62-,63+,65-,67-,72+,73-,74?,77+,79+,89?/m1/s1. The number of piperidine rings is 1. The third-order valence-electron chi connectivity index (χ3n) is 22.6. The van der Waals surface area contributed by atoms with Crippen LogP contribution < -0.4 is 16.8 Å². The molecule has 2 unspecified atom stereocenters. The second-order valence-corrected chi connectivity index (χ2v) is 31.9. The molecular weight excluding hydrogens is 1550 g/mol. The number of benzene rings is 2. The van der Waals surface area contributed by atoms with Gasteiger partial charge in [0.25, 0.3) is 18.4 Å². The number of nitrogen functional groups attached to an aromatic ring is 2. The first-order chi connectivity index (χ1) is 58.2. The molecule has 8 atom stereocenters. The molecule has 4 aliphatic rings. The second-order valence-electron chi connectivity index (χ2n) is 31.9. The lowest BCUT2D eigenvalue weighted by Crippen LogP contribution is -2.57. The van der Waals surface area contributed by atoms with Crippen molar-refractivity contribution < 1.29 is 100 Å². The van der Waals surface area contributed by atoms with Crippen LogP contribution >= 0.6 is 0 Å². The van der Waals surface area contributed by atoms with Crippen LogP contribution in [0.3, 0.4) is 0 Å². The smallest absolute Gasteiger partial charge is 0.407 e. The van der Waals surface area contributed by atoms with Gasteiger partial charge in [0, 0.05) is 70.6 Å². The third-order valence-corrected chi connectivity index (χ3v) is 22.6. The highest BCUT2D eigenvalue weighted by molar-refractivity contribution is 6.07. The minimum absolute atomic E-state index is 0.00296. The zero-order valence-corrected chi connectivity index (χ0v) is 71.2. The molecule has 662 valence electrons. The van der Waals surface area contributed by atoms with Crippen molar-refractivity contribution in [2.24, 2.45) is 23.7 Å². The Morgan fingerprint density at radius 1 is 0.717 bits per heavy atom. The molecule has 0 bridgehead atoms. The number of hydrogen-bond donors (Lipinski definition) is 5. The van der Waals surface area contributed by atoms with E-state index in [1.54, 1.807) is 18.1 Å². The number of Topliss-reactive ketones (excluding diaryl/α,β-unsaturated/α-hetero) is 2. The number of oxazole rings is 1. The molecule has 3 aliphatic heterocycles. The monoisotopic (exact) mass is 1670 g/mol. The zero-order valence-electron chi connectivity index (χ0n) is 71.2. The Bertz CT molecular complexity index is 4120. The first-order valence-electron chi connectivity index (χ1n) is 43.0. The molecule has 2 aromatic carbocycles. The van der Waals surface area contributed by atoms with E-state index < -0.39 is 35.8 Å². The number of hydrogen-bond acceptors (Lipinski definition) is 27. The van der Waals surface area contributed by atoms with Crippen molar-refractivity contribution in [3.8, 4) is 11.3 Å². The number of aliphatic hydroxyl groups is 2. The van der Waals surface area contributed by atoms with Gasteiger partial charge in [-0.15, -0.1) is 0 Å². The fraction of sp³-hybridized carbons (Fsp3) is 0.640. The average molecular weight is 1680 g/mol. The van der Waals surface area contributed by atoms with Gasteiger partial charge in [-0.2, -0.15) is 10.1 Å². The number of rotatable bonds is 54. The van der Waals surface area contributed by atoms with Crippen molar-refractivity contribution in [1.82, 2.24) is 39.8 Å². The number of allylic oxidation sites excluding steroid dienone is 6. The maximum absolute atomic E-state index is 13.3. The maximum atomic E-state index is 13.3. The molecule has 3 fully saturated rings. The van der Waals surface area contributed by atoms with Crippen LogP contribution in [0.5, 0.6) is 0 Å². The van der Waals surface area contributed by atoms with Crippen molar-refractivity contribution in [1.29, 1.82) is 0 Å². The highest BCUT2D eigenvalue weighted by Gasteiger charge is 2.50. The molecule has 5 aromatic rings. The van der Waals surface area contributed by atoms with Gasteiger partial charge in [0.15, 0.2) is 11.2 Å². The van der Waals surface area contributed by atoms with Gasteiger partial charge in [0.1, 0.15) is 41.3 Å². The van der Waals surface area contributed by atoms with E-state index in [0.29, 0.717) is 223 Å². The summed E-state index contributed by atoms with van der Waals surface area (Å²) in [4.78, 5) is 93.4. The normalized spacial score (nSPS) is 19.8. The van der Waals surface area contributed by atoms with Crippen LogP contribution in [0.2, 0.25) is 0 Å². The van der Waals surface area contributed by atoms with Gasteiger partial charge >= 0.3 is 11.9 Å². The molecule has 0 radical (unpaired) electrons. The van der Waals surface area contributed by atoms with Crippen LogP contribution in [0.15, 0.2) is 94.7 Å². The van der Waals surface area contributed by atoms with Gasteiger partial charge in [-0.1, -0.05) is 75.4 Å². The van der Waals surface area contributed by atoms with Crippen LogP contribution in [-0.4, -0.2) is 256 Å². The minimum Gasteiger partial charge on any atom is -0.465 e. The summed E-state index contributed by atoms with van der Waals surface area (Å²) >= 11 is 0. The number of nitrogens with two attached hydrogens (primary N) is 2. The summed E-state index contributed by atoms with van der Waals surface area (Å²) in [5.74, 6) is -2.98. The van der Waals surface area contributed by atoms with Crippen molar-refractivity contribution in [2.45, 2.75) is 206 Å². The van der Waals surface area contributed by atoms with Crippen molar-refractivity contribution >= 4 is 69.9 Å². The van der Waals surface area contributed by atoms with E-state index in [1.165, 1.54) is 11.9 Å². The van der Waals surface area contributed by atoms with Gasteiger partial charge in [-0.3, -0.25) is 24.0 Å². The number of aliphatic hydroxyl groups excluding tert-OH is 1. The number of amides is 3. The third kappa shape index (κ3) is 31.5. The van der Waals surface area contributed by atoms with E-state index in [2.05, 4.69) is 52.3 Å². The Morgan fingerprint density at radius 3 is 2.05 bits per heavy atom. The first kappa shape index (κ1) is 95.4. The maximum Gasteiger partial charge on any atom is 0.407 e. The summed E-state index contributed by atoms with van der Waals surface area (Å²) < 4.78 is 75.2. The molecule has 31 heteroatoms. The molecule has 0 spiro atoms. The van der Waals surface area contributed by atoms with E-state index >= 15 is 0 Å². The Labute approximate surface area is 705 Å². The van der Waals surface area contributed by atoms with E-state index in [1.807, 2.05) is 78.9 Å². The van der Waals surface area contributed by atoms with Crippen molar-refractivity contribution in [3.63, 3.8) is 0 Å². The topological polar surface area (TPSA) is 394 Å². The van der Waals surface area contributed by atoms with E-state index in [9.17, 15) is 39.0 Å². The molecule has 9 rings (SSSR count). The SMILES string of the molecule is CO[C@@H](CC1CCCC(=O)C(O)(C(=O)N2CCCCC2)O1)/C(C)=C/C=C/C=C/[C@@H](C)C[C@@H](C)C(=O)C[C@H](O)/C(C)=C/[C@@H](C)CC[C@@H](CC[C@H]1CC[C@H](OC(=O)NCCOCCOCCOCCOCCOCCOCCOCCOCCC(=O)N2CCc3cc(Cn4nc(-c5ccc6oc(N)nc6c5)c5c(N)ncnc54)ccc3C2)CC1)OC=O. The number of anilines is 2. The summed E-state index contributed by atoms with van der Waals surface area (Å²) in [5.41, 5.74) is 20.4. The highest BCUT2D eigenvalue weighted by Crippen LogP contribution is 2.36. The van der Waals surface area contributed by atoms with Gasteiger partial charge < -0.3 is 98.1 Å². The van der Waals surface area contributed by atoms with Crippen LogP contribution in [0, 0.1) is 23.7 Å². The molecule has 1 saturated carbocycles. The summed E-state index contributed by atoms with van der Waals surface area (Å²) in [5, 5.41) is 30.8. The van der Waals surface area contributed by atoms with E-state index in [0.717, 1.165) is 98.5 Å². The molecule has 6 heterocycles. The number of methoxy groups -OCH3 is 1. The number of alkyl carbamates (subject to hydrolysis) is 1. The fourth-order valence-electron chi connectivity index (χ4n) is 15.6. The molecule has 2 saturated heterocycles. The predicted octanol–water partition coefficient (Wildman–Crippen LogP) is 10.5. The molecule has 120 heavy (non-hydrogen) atoms. The molecule has 1 aliphatic carbocycles. The zero-order chi connectivity index (χ0) is 85.4. The van der Waals surface area contributed by atoms with Crippen LogP contribution in [0.4, 0.5) is 16.6 Å². The number of fused-ring (bicyclic) bond motifs is 3. The van der Waals surface area contributed by atoms with Crippen molar-refractivity contribution in [3.05, 3.63) is 107 Å². The minimum atomic E-state index is -2.47. The van der Waals surface area contributed by atoms with Gasteiger partial charge in [-0.05, 0) is 174 Å². The van der Waals surface area contributed by atoms with Crippen LogP contribution in [0.1, 0.15) is 167 Å². The number of ether oxygens (including phenoxy) is 12. The Hall–Kier alpha value is -8.44. The molecule has 3 amide bonds. The largest absolute Gasteiger partial charge is 0.465 e. The summed E-state index contributed by atoms with van der Waals surface area (Å²) in [7, 11) is 1.60. The number of carbonyl (C=O) groups excluding carboxylic acids is 6. The Kier molecular flexibility index (Phi) is 40.9. The number of carbonyl (C=O) groups is 6. The number of likely N-dealkylation sites (tertiary alicyclic amines) is 1. The number of aromatic nitrogens is 5. The molecular formula is C89H130N10O21. The first-order valence-corrected chi connectivity index (χ1v) is 43.0. The second kappa shape index (κ2) is 51.5. The Balaban J connectivity index is 0.498. The van der Waals surface area contributed by atoms with Gasteiger partial charge in [0.2, 0.25) is 11.7 Å². The van der Waals surface area contributed by atoms with E-state index in [4.69, 9.17) is 77.8 Å². The quantitative estimate of drug-likeness (QED) is 0.00793. The number of nitrogens with one attached hydrogen (secondary N) is 1.